The Morgan fingerprint density at radius 3 is 2.35 bits per heavy atom. The maximum absolute atomic E-state index is 5.81. The van der Waals surface area contributed by atoms with Crippen molar-refractivity contribution in [2.24, 2.45) is 11.8 Å². The molecule has 0 aromatic heterocycles. The number of hydrogen-bond donors (Lipinski definition) is 1. The van der Waals surface area contributed by atoms with Gasteiger partial charge in [-0.05, 0) is 81.4 Å². The molecule has 0 atom stereocenters. The Kier molecular flexibility index (Phi) is 7.68. The molecule has 1 saturated carbocycles. The van der Waals surface area contributed by atoms with Gasteiger partial charge in [0.25, 0.3) is 0 Å². The summed E-state index contributed by atoms with van der Waals surface area (Å²) in [7, 11) is 0. The van der Waals surface area contributed by atoms with Gasteiger partial charge < -0.3 is 10.1 Å². The van der Waals surface area contributed by atoms with Gasteiger partial charge in [0.15, 0.2) is 0 Å². The molecule has 1 saturated heterocycles. The highest BCUT2D eigenvalue weighted by atomic mass is 35.5. The van der Waals surface area contributed by atoms with Crippen molar-refractivity contribution in [2.45, 2.75) is 39.2 Å². The zero-order valence-electron chi connectivity index (χ0n) is 14.3. The number of rotatable bonds is 8. The quantitative estimate of drug-likeness (QED) is 0.781. The van der Waals surface area contributed by atoms with Crippen molar-refractivity contribution in [3.8, 4) is 5.75 Å². The minimum Gasteiger partial charge on any atom is -0.493 e. The largest absolute Gasteiger partial charge is 0.493 e. The van der Waals surface area contributed by atoms with Gasteiger partial charge >= 0.3 is 0 Å². The Bertz CT molecular complexity index is 439. The Morgan fingerprint density at radius 2 is 1.74 bits per heavy atom. The first-order chi connectivity index (χ1) is 10.8. The number of halogens is 1. The molecule has 1 aromatic rings. The van der Waals surface area contributed by atoms with Crippen LogP contribution in [0, 0.1) is 11.8 Å². The topological polar surface area (TPSA) is 24.5 Å². The number of hydrogen-bond acceptors (Lipinski definition) is 3. The molecule has 0 amide bonds. The van der Waals surface area contributed by atoms with Crippen LogP contribution in [-0.4, -0.2) is 37.7 Å². The van der Waals surface area contributed by atoms with Gasteiger partial charge in [0.05, 0.1) is 6.61 Å². The smallest absolute Gasteiger partial charge is 0.119 e. The molecule has 23 heavy (non-hydrogen) atoms. The first-order valence-corrected chi connectivity index (χ1v) is 8.98. The second-order valence-electron chi connectivity index (χ2n) is 6.93. The lowest BCUT2D eigenvalue weighted by atomic mass is 9.96. The van der Waals surface area contributed by atoms with E-state index in [0.717, 1.165) is 37.3 Å². The maximum Gasteiger partial charge on any atom is 0.119 e. The Morgan fingerprint density at radius 1 is 1.04 bits per heavy atom. The average molecular weight is 339 g/mol. The Hall–Kier alpha value is -0.770. The van der Waals surface area contributed by atoms with Crippen molar-refractivity contribution < 1.29 is 4.74 Å². The number of nitrogens with one attached hydrogen (secondary N) is 1. The highest BCUT2D eigenvalue weighted by Gasteiger charge is 2.22. The molecule has 130 valence electrons. The Balaban J connectivity index is 0.00000192. The van der Waals surface area contributed by atoms with Crippen LogP contribution in [0.1, 0.15) is 38.2 Å². The first kappa shape index (κ1) is 18.6. The minimum absolute atomic E-state index is 0. The van der Waals surface area contributed by atoms with Crippen LogP contribution in [0.2, 0.25) is 0 Å². The second kappa shape index (κ2) is 9.51. The highest BCUT2D eigenvalue weighted by molar-refractivity contribution is 5.85. The zero-order valence-corrected chi connectivity index (χ0v) is 15.1. The van der Waals surface area contributed by atoms with Gasteiger partial charge in [-0.15, -0.1) is 12.4 Å². The summed E-state index contributed by atoms with van der Waals surface area (Å²) in [5.41, 5.74) is 1.41. The third-order valence-corrected chi connectivity index (χ3v) is 4.90. The lowest BCUT2D eigenvalue weighted by Crippen LogP contribution is -2.36. The number of benzene rings is 1. The molecule has 1 aromatic carbocycles. The summed E-state index contributed by atoms with van der Waals surface area (Å²) in [6, 6.07) is 8.73. The van der Waals surface area contributed by atoms with Gasteiger partial charge in [-0.3, -0.25) is 4.90 Å². The monoisotopic (exact) mass is 338 g/mol. The van der Waals surface area contributed by atoms with E-state index in [1.165, 1.54) is 50.9 Å². The molecule has 1 aliphatic heterocycles. The van der Waals surface area contributed by atoms with Gasteiger partial charge in [0.2, 0.25) is 0 Å². The van der Waals surface area contributed by atoms with Gasteiger partial charge in [-0.2, -0.15) is 0 Å². The molecule has 1 N–H and O–H groups in total. The number of ether oxygens (including phenoxy) is 1. The van der Waals surface area contributed by atoms with Crippen molar-refractivity contribution >= 4 is 12.4 Å². The van der Waals surface area contributed by atoms with Crippen LogP contribution in [0.15, 0.2) is 24.3 Å². The van der Waals surface area contributed by atoms with Gasteiger partial charge in [-0.25, -0.2) is 0 Å². The summed E-state index contributed by atoms with van der Waals surface area (Å²) in [4.78, 5) is 2.59. The highest BCUT2D eigenvalue weighted by Crippen LogP contribution is 2.29. The molecule has 3 rings (SSSR count). The van der Waals surface area contributed by atoms with Crippen LogP contribution in [-0.2, 0) is 6.54 Å². The fraction of sp³-hybridized carbons (Fsp3) is 0.684. The van der Waals surface area contributed by atoms with Gasteiger partial charge in [0, 0.05) is 6.54 Å². The summed E-state index contributed by atoms with van der Waals surface area (Å²) in [5, 5.41) is 3.48. The van der Waals surface area contributed by atoms with Crippen LogP contribution in [0.4, 0.5) is 0 Å². The van der Waals surface area contributed by atoms with Crippen molar-refractivity contribution in [1.29, 1.82) is 0 Å². The average Bonchev–Trinajstić information content (AvgIpc) is 3.38. The molecule has 0 unspecified atom stereocenters. The third kappa shape index (κ3) is 6.33. The number of piperidine rings is 1. The SMILES string of the molecule is CCNCC1CCN(Cc2ccc(OCC3CC3)cc2)CC1.Cl. The standard InChI is InChI=1S/C19H30N2O.ClH/c1-2-20-13-16-9-11-21(12-10-16)14-17-5-7-19(8-6-17)22-15-18-3-4-18;/h5-8,16,18,20H,2-4,9-15H2,1H3;1H. The molecule has 4 heteroatoms. The van der Waals surface area contributed by atoms with Crippen LogP contribution in [0.5, 0.6) is 5.75 Å². The first-order valence-electron chi connectivity index (χ1n) is 8.98. The molecule has 2 fully saturated rings. The van der Waals surface area contributed by atoms with Crippen molar-refractivity contribution in [2.75, 3.05) is 32.8 Å². The van der Waals surface area contributed by atoms with E-state index in [1.807, 2.05) is 0 Å². The van der Waals surface area contributed by atoms with Gasteiger partial charge in [0.1, 0.15) is 5.75 Å². The molecule has 0 spiro atoms. The van der Waals surface area contributed by atoms with Crippen LogP contribution >= 0.6 is 12.4 Å². The third-order valence-electron chi connectivity index (χ3n) is 4.90. The summed E-state index contributed by atoms with van der Waals surface area (Å²) in [5.74, 6) is 2.72. The van der Waals surface area contributed by atoms with E-state index in [1.54, 1.807) is 0 Å². The molecule has 0 bridgehead atoms. The molecular weight excluding hydrogens is 308 g/mol. The predicted octanol–water partition coefficient (Wildman–Crippen LogP) is 3.72. The van der Waals surface area contributed by atoms with Crippen molar-refractivity contribution in [1.82, 2.24) is 10.2 Å². The number of nitrogens with zero attached hydrogens (tertiary/aromatic N) is 1. The lowest BCUT2D eigenvalue weighted by Gasteiger charge is -2.32. The summed E-state index contributed by atoms with van der Waals surface area (Å²) in [6.45, 7) is 8.92. The normalized spacial score (nSPS) is 19.3. The Labute approximate surface area is 147 Å². The van der Waals surface area contributed by atoms with E-state index in [9.17, 15) is 0 Å². The second-order valence-corrected chi connectivity index (χ2v) is 6.93. The van der Waals surface area contributed by atoms with E-state index in [-0.39, 0.29) is 12.4 Å². The summed E-state index contributed by atoms with van der Waals surface area (Å²) >= 11 is 0. The van der Waals surface area contributed by atoms with Crippen molar-refractivity contribution in [3.05, 3.63) is 29.8 Å². The zero-order chi connectivity index (χ0) is 15.2. The lowest BCUT2D eigenvalue weighted by molar-refractivity contribution is 0.176. The molecule has 2 aliphatic rings. The molecule has 3 nitrogen and oxygen atoms in total. The molecule has 1 heterocycles. The van der Waals surface area contributed by atoms with Crippen LogP contribution < -0.4 is 10.1 Å². The van der Waals surface area contributed by atoms with E-state index >= 15 is 0 Å². The van der Waals surface area contributed by atoms with E-state index in [2.05, 4.69) is 41.4 Å². The van der Waals surface area contributed by atoms with Crippen LogP contribution in [0.3, 0.4) is 0 Å². The van der Waals surface area contributed by atoms with E-state index in [0.29, 0.717) is 0 Å². The van der Waals surface area contributed by atoms with E-state index in [4.69, 9.17) is 4.74 Å². The maximum atomic E-state index is 5.81. The molecule has 1 aliphatic carbocycles. The fourth-order valence-corrected chi connectivity index (χ4v) is 3.15. The minimum atomic E-state index is 0. The summed E-state index contributed by atoms with van der Waals surface area (Å²) in [6.07, 6.45) is 5.36. The summed E-state index contributed by atoms with van der Waals surface area (Å²) < 4.78 is 5.81. The van der Waals surface area contributed by atoms with Crippen molar-refractivity contribution in [3.63, 3.8) is 0 Å². The fourth-order valence-electron chi connectivity index (χ4n) is 3.15. The molecule has 0 radical (unpaired) electrons. The van der Waals surface area contributed by atoms with Gasteiger partial charge in [-0.1, -0.05) is 19.1 Å². The predicted molar refractivity (Wildman–Crippen MR) is 98.5 cm³/mol. The molecular formula is C19H31ClN2O. The van der Waals surface area contributed by atoms with E-state index < -0.39 is 0 Å². The van der Waals surface area contributed by atoms with Crippen LogP contribution in [0.25, 0.3) is 0 Å². The number of likely N-dealkylation sites (tertiary alicyclic amines) is 1.